The topological polar surface area (TPSA) is 178 Å². The summed E-state index contributed by atoms with van der Waals surface area (Å²) >= 11 is 0. The van der Waals surface area contributed by atoms with Crippen LogP contribution >= 0.6 is 0 Å². The van der Waals surface area contributed by atoms with Gasteiger partial charge in [0.05, 0.1) is 11.7 Å². The fourth-order valence-corrected chi connectivity index (χ4v) is 4.97. The van der Waals surface area contributed by atoms with Gasteiger partial charge in [-0.15, -0.1) is 0 Å². The molecule has 1 amide bonds. The minimum Gasteiger partial charge on any atom is -0.508 e. The molecule has 7 N–H and O–H groups in total. The first-order valence-electron chi connectivity index (χ1n) is 9.11. The Morgan fingerprint density at radius 2 is 1.87 bits per heavy atom. The van der Waals surface area contributed by atoms with E-state index in [-0.39, 0.29) is 11.1 Å². The fraction of sp³-hybridized carbons (Fsp3) is 0.350. The maximum Gasteiger partial charge on any atom is 0.255 e. The Balaban J connectivity index is 2.03. The van der Waals surface area contributed by atoms with Crippen molar-refractivity contribution in [3.8, 4) is 5.75 Å². The zero-order valence-electron chi connectivity index (χ0n) is 15.6. The highest BCUT2D eigenvalue weighted by atomic mass is 19.1. The van der Waals surface area contributed by atoms with E-state index in [0.29, 0.717) is 0 Å². The van der Waals surface area contributed by atoms with Gasteiger partial charge >= 0.3 is 0 Å². The molecule has 30 heavy (non-hydrogen) atoms. The molecule has 158 valence electrons. The third-order valence-corrected chi connectivity index (χ3v) is 6.45. The van der Waals surface area contributed by atoms with Gasteiger partial charge in [-0.3, -0.25) is 14.4 Å². The number of nitrogens with two attached hydrogens (primary N) is 1. The molecule has 1 aromatic rings. The van der Waals surface area contributed by atoms with Gasteiger partial charge in [0.25, 0.3) is 5.91 Å². The number of aromatic hydroxyl groups is 1. The van der Waals surface area contributed by atoms with Crippen molar-refractivity contribution in [3.05, 3.63) is 46.0 Å². The number of halogens is 1. The van der Waals surface area contributed by atoms with Gasteiger partial charge in [0.1, 0.15) is 17.1 Å². The maximum atomic E-state index is 13.9. The number of carbonyl (C=O) groups is 3. The molecule has 5 atom stereocenters. The van der Waals surface area contributed by atoms with Gasteiger partial charge in [0, 0.05) is 23.8 Å². The van der Waals surface area contributed by atoms with Crippen molar-refractivity contribution in [1.82, 2.24) is 0 Å². The summed E-state index contributed by atoms with van der Waals surface area (Å²) in [5.41, 5.74) is 0.544. The number of aliphatic hydroxyl groups is 4. The molecule has 3 aliphatic carbocycles. The highest BCUT2D eigenvalue weighted by molar-refractivity contribution is 6.22. The summed E-state index contributed by atoms with van der Waals surface area (Å²) in [5.74, 6) is -11.1. The summed E-state index contributed by atoms with van der Waals surface area (Å²) in [6.45, 7) is 1.56. The highest BCUT2D eigenvalue weighted by Crippen LogP contribution is 2.55. The van der Waals surface area contributed by atoms with E-state index in [1.54, 1.807) is 6.92 Å². The largest absolute Gasteiger partial charge is 0.508 e. The van der Waals surface area contributed by atoms with Gasteiger partial charge in [0.15, 0.2) is 23.0 Å². The number of phenolic OH excluding ortho intramolecular Hbond substituents is 1. The predicted molar refractivity (Wildman–Crippen MR) is 97.4 cm³/mol. The number of ketones is 2. The lowest BCUT2D eigenvalue weighted by molar-refractivity contribution is -0.160. The Morgan fingerprint density at radius 3 is 2.47 bits per heavy atom. The highest BCUT2D eigenvalue weighted by Gasteiger charge is 2.64. The molecule has 0 saturated heterocycles. The zero-order chi connectivity index (χ0) is 22.3. The maximum absolute atomic E-state index is 13.9. The van der Waals surface area contributed by atoms with E-state index in [1.165, 1.54) is 6.07 Å². The second kappa shape index (κ2) is 6.13. The normalized spacial score (nSPS) is 33.2. The van der Waals surface area contributed by atoms with E-state index >= 15 is 0 Å². The van der Waals surface area contributed by atoms with E-state index in [4.69, 9.17) is 5.73 Å². The summed E-state index contributed by atoms with van der Waals surface area (Å²) in [5, 5.41) is 53.4. The molecule has 0 unspecified atom stereocenters. The predicted octanol–water partition coefficient (Wildman–Crippen LogP) is 0.0948. The molecule has 0 aromatic heterocycles. The van der Waals surface area contributed by atoms with Gasteiger partial charge in [0.2, 0.25) is 5.78 Å². The molecule has 10 heteroatoms. The van der Waals surface area contributed by atoms with Crippen LogP contribution in [0.4, 0.5) is 4.39 Å². The zero-order valence-corrected chi connectivity index (χ0v) is 15.6. The molecule has 1 aromatic carbocycles. The molecular weight excluding hydrogens is 401 g/mol. The van der Waals surface area contributed by atoms with Gasteiger partial charge < -0.3 is 31.3 Å². The lowest BCUT2D eigenvalue weighted by Gasteiger charge is -2.50. The van der Waals surface area contributed by atoms with Crippen LogP contribution in [0.15, 0.2) is 29.0 Å². The minimum absolute atomic E-state index is 0.247. The number of phenols is 1. The van der Waals surface area contributed by atoms with Gasteiger partial charge in [-0.2, -0.15) is 0 Å². The van der Waals surface area contributed by atoms with E-state index < -0.39 is 87.6 Å². The molecule has 0 radical (unpaired) electrons. The van der Waals surface area contributed by atoms with Gasteiger partial charge in [-0.25, -0.2) is 4.39 Å². The first-order chi connectivity index (χ1) is 13.9. The number of hydrogen-bond acceptors (Lipinski definition) is 8. The van der Waals surface area contributed by atoms with Crippen LogP contribution in [-0.4, -0.2) is 54.7 Å². The summed E-state index contributed by atoms with van der Waals surface area (Å²) < 4.78 is 13.9. The van der Waals surface area contributed by atoms with Crippen molar-refractivity contribution in [2.75, 3.05) is 0 Å². The number of amides is 1. The number of benzene rings is 1. The van der Waals surface area contributed by atoms with Crippen LogP contribution in [0.1, 0.15) is 30.4 Å². The summed E-state index contributed by atoms with van der Waals surface area (Å²) in [6.07, 6.45) is -2.26. The summed E-state index contributed by atoms with van der Waals surface area (Å²) in [6, 6.07) is 2.25. The molecule has 0 heterocycles. The van der Waals surface area contributed by atoms with Crippen molar-refractivity contribution >= 4 is 23.2 Å². The number of Topliss-reactive ketones (excluding diaryl/α,β-unsaturated/α-hetero) is 2. The third-order valence-electron chi connectivity index (χ3n) is 6.45. The molecule has 9 nitrogen and oxygen atoms in total. The Kier molecular flexibility index (Phi) is 4.10. The van der Waals surface area contributed by atoms with E-state index in [0.717, 1.165) is 6.07 Å². The molecular formula is C20H18FNO8. The van der Waals surface area contributed by atoms with Crippen LogP contribution in [0, 0.1) is 17.7 Å². The van der Waals surface area contributed by atoms with Crippen molar-refractivity contribution in [3.63, 3.8) is 0 Å². The molecule has 0 spiro atoms. The average Bonchev–Trinajstić information content (AvgIpc) is 2.67. The Bertz CT molecular complexity index is 1110. The van der Waals surface area contributed by atoms with Gasteiger partial charge in [-0.1, -0.05) is 13.0 Å². The SMILES string of the molecule is C[C@H]1c2ccc(F)c(O)c2C(O)=C2C(=O)[C@]3(O)C(O)=C(C(N)=O)C(=O)C[C@@H]3[C@@H](O)[C@@H]21. The second-order valence-corrected chi connectivity index (χ2v) is 7.84. The van der Waals surface area contributed by atoms with Crippen molar-refractivity contribution in [2.24, 2.45) is 17.6 Å². The van der Waals surface area contributed by atoms with Crippen molar-refractivity contribution in [1.29, 1.82) is 0 Å². The number of rotatable bonds is 1. The molecule has 1 fully saturated rings. The van der Waals surface area contributed by atoms with E-state index in [9.17, 15) is 44.3 Å². The Morgan fingerprint density at radius 1 is 1.23 bits per heavy atom. The number of carbonyl (C=O) groups excluding carboxylic acids is 3. The standard InChI is InChI=1S/C20H18FNO8/c1-5-6-2-3-8(21)15(25)11(6)16(26)13-10(5)14(24)7-4-9(23)12(19(22)29)17(27)20(7,30)18(13)28/h2-3,5,7,10,14,24-27,30H,4H2,1H3,(H2,22,29)/t5-,7+,10+,14+,20+/m0/s1. The number of hydrogen-bond donors (Lipinski definition) is 6. The smallest absolute Gasteiger partial charge is 0.255 e. The van der Waals surface area contributed by atoms with E-state index in [2.05, 4.69) is 0 Å². The first kappa shape index (κ1) is 20.0. The van der Waals surface area contributed by atoms with E-state index in [1.807, 2.05) is 0 Å². The van der Waals surface area contributed by atoms with Crippen LogP contribution in [0.3, 0.4) is 0 Å². The number of primary amides is 1. The van der Waals surface area contributed by atoms with Gasteiger partial charge in [-0.05, 0) is 17.5 Å². The van der Waals surface area contributed by atoms with Crippen LogP contribution in [0.5, 0.6) is 5.75 Å². The first-order valence-corrected chi connectivity index (χ1v) is 9.11. The number of fused-ring (bicyclic) bond motifs is 3. The molecule has 4 rings (SSSR count). The molecule has 0 bridgehead atoms. The fourth-order valence-electron chi connectivity index (χ4n) is 4.97. The van der Waals surface area contributed by atoms with Crippen LogP contribution in [-0.2, 0) is 14.4 Å². The summed E-state index contributed by atoms with van der Waals surface area (Å²) in [4.78, 5) is 37.2. The quantitative estimate of drug-likeness (QED) is 0.347. The Labute approximate surface area is 168 Å². The summed E-state index contributed by atoms with van der Waals surface area (Å²) in [7, 11) is 0. The van der Waals surface area contributed by atoms with Crippen molar-refractivity contribution < 1.29 is 44.3 Å². The lowest BCUT2D eigenvalue weighted by Crippen LogP contribution is -2.63. The monoisotopic (exact) mass is 419 g/mol. The minimum atomic E-state index is -2.91. The van der Waals surface area contributed by atoms with Crippen LogP contribution in [0.25, 0.3) is 5.76 Å². The van der Waals surface area contributed by atoms with Crippen LogP contribution < -0.4 is 5.73 Å². The Hall–Kier alpha value is -3.24. The number of aliphatic hydroxyl groups excluding tert-OH is 3. The molecule has 1 saturated carbocycles. The van der Waals surface area contributed by atoms with Crippen molar-refractivity contribution in [2.45, 2.75) is 31.0 Å². The molecule has 3 aliphatic rings. The second-order valence-electron chi connectivity index (χ2n) is 7.84. The third kappa shape index (κ3) is 2.20. The lowest BCUT2D eigenvalue weighted by atomic mass is 9.55. The molecule has 0 aliphatic heterocycles. The van der Waals surface area contributed by atoms with Crippen LogP contribution in [0.2, 0.25) is 0 Å². The average molecular weight is 419 g/mol.